The molecule has 0 spiro atoms. The Kier molecular flexibility index (Phi) is 1.16. The Balaban J connectivity index is 2.08. The smallest absolute Gasteiger partial charge is 0.434 e. The van der Waals surface area contributed by atoms with Gasteiger partial charge in [-0.2, -0.15) is 0 Å². The molecule has 2 aliphatic rings. The van der Waals surface area contributed by atoms with Crippen molar-refractivity contribution in [2.45, 2.75) is 12.5 Å². The lowest BCUT2D eigenvalue weighted by Gasteiger charge is -2.24. The minimum Gasteiger partial charge on any atom is -0.434 e. The molecule has 0 amide bonds. The second-order valence-electron chi connectivity index (χ2n) is 2.57. The van der Waals surface area contributed by atoms with Crippen molar-refractivity contribution in [3.05, 3.63) is 12.2 Å². The summed E-state index contributed by atoms with van der Waals surface area (Å²) in [5.41, 5.74) is 0. The number of carbonyl (C=O) groups excluding carboxylic acids is 1. The highest BCUT2D eigenvalue weighted by molar-refractivity contribution is 5.61. The third-order valence-corrected chi connectivity index (χ3v) is 1.88. The molecule has 1 aliphatic carbocycles. The quantitative estimate of drug-likeness (QED) is 0.373. The first-order valence-corrected chi connectivity index (χ1v) is 3.36. The predicted octanol–water partition coefficient (Wildman–Crippen LogP) is 1.10. The molecule has 1 aliphatic heterocycles. The molecule has 10 heavy (non-hydrogen) atoms. The monoisotopic (exact) mass is 140 g/mol. The predicted molar refractivity (Wildman–Crippen MR) is 33.5 cm³/mol. The van der Waals surface area contributed by atoms with Crippen LogP contribution in [-0.4, -0.2) is 18.9 Å². The van der Waals surface area contributed by atoms with Crippen molar-refractivity contribution in [1.82, 2.24) is 0 Å². The second kappa shape index (κ2) is 2.01. The maximum absolute atomic E-state index is 10.5. The number of fused-ring (bicyclic) bond motifs is 1. The van der Waals surface area contributed by atoms with Crippen LogP contribution in [0.15, 0.2) is 12.2 Å². The topological polar surface area (TPSA) is 35.5 Å². The summed E-state index contributed by atoms with van der Waals surface area (Å²) in [6.45, 7) is 0.510. The third kappa shape index (κ3) is 0.781. The molecule has 0 aromatic carbocycles. The molecule has 3 nitrogen and oxygen atoms in total. The van der Waals surface area contributed by atoms with Gasteiger partial charge >= 0.3 is 6.16 Å². The number of hydrogen-bond donors (Lipinski definition) is 0. The van der Waals surface area contributed by atoms with Gasteiger partial charge in [0.05, 0.1) is 0 Å². The Morgan fingerprint density at radius 3 is 3.40 bits per heavy atom. The van der Waals surface area contributed by atoms with Gasteiger partial charge in [0.2, 0.25) is 0 Å². The van der Waals surface area contributed by atoms with Crippen LogP contribution in [0.5, 0.6) is 0 Å². The van der Waals surface area contributed by atoms with Crippen LogP contribution in [0.4, 0.5) is 4.79 Å². The summed E-state index contributed by atoms with van der Waals surface area (Å²) in [7, 11) is 0. The fraction of sp³-hybridized carbons (Fsp3) is 0.571. The lowest BCUT2D eigenvalue weighted by Crippen LogP contribution is -2.32. The highest BCUT2D eigenvalue weighted by Crippen LogP contribution is 2.25. The van der Waals surface area contributed by atoms with Gasteiger partial charge in [-0.05, 0) is 12.5 Å². The van der Waals surface area contributed by atoms with Crippen molar-refractivity contribution in [2.75, 3.05) is 6.61 Å². The molecule has 0 aromatic rings. The van der Waals surface area contributed by atoms with Gasteiger partial charge in [-0.3, -0.25) is 0 Å². The molecule has 2 rings (SSSR count). The van der Waals surface area contributed by atoms with Gasteiger partial charge in [0.1, 0.15) is 12.7 Å². The fourth-order valence-corrected chi connectivity index (χ4v) is 1.30. The van der Waals surface area contributed by atoms with Crippen molar-refractivity contribution in [3.8, 4) is 0 Å². The summed E-state index contributed by atoms with van der Waals surface area (Å²) in [6.07, 6.45) is 4.37. The van der Waals surface area contributed by atoms with E-state index in [4.69, 9.17) is 9.47 Å². The summed E-state index contributed by atoms with van der Waals surface area (Å²) in [5.74, 6) is 0.373. The molecule has 0 saturated carbocycles. The van der Waals surface area contributed by atoms with E-state index in [0.717, 1.165) is 6.42 Å². The van der Waals surface area contributed by atoms with E-state index in [2.05, 4.69) is 0 Å². The molecule has 2 atom stereocenters. The van der Waals surface area contributed by atoms with Crippen molar-refractivity contribution in [3.63, 3.8) is 0 Å². The lowest BCUT2D eigenvalue weighted by molar-refractivity contribution is -0.0347. The standard InChI is InChI=1S/C7H8O3/c8-7-9-4-5-2-1-3-6(5)10-7/h1,3,5-6H,2,4H2/t5-,6-/m1/s1. The average molecular weight is 140 g/mol. The summed E-state index contributed by atoms with van der Waals surface area (Å²) >= 11 is 0. The van der Waals surface area contributed by atoms with Gasteiger partial charge in [0.15, 0.2) is 0 Å². The highest BCUT2D eigenvalue weighted by Gasteiger charge is 2.32. The van der Waals surface area contributed by atoms with E-state index >= 15 is 0 Å². The zero-order valence-electron chi connectivity index (χ0n) is 5.45. The van der Waals surface area contributed by atoms with Crippen molar-refractivity contribution >= 4 is 6.16 Å². The van der Waals surface area contributed by atoms with Gasteiger partial charge < -0.3 is 9.47 Å². The lowest BCUT2D eigenvalue weighted by atomic mass is 10.1. The van der Waals surface area contributed by atoms with Crippen LogP contribution in [-0.2, 0) is 9.47 Å². The molecular weight excluding hydrogens is 132 g/mol. The number of allylic oxidation sites excluding steroid dienone is 1. The summed E-state index contributed by atoms with van der Waals surface area (Å²) in [4.78, 5) is 10.5. The first-order chi connectivity index (χ1) is 4.86. The molecule has 0 unspecified atom stereocenters. The van der Waals surface area contributed by atoms with Gasteiger partial charge in [0, 0.05) is 5.92 Å². The Bertz CT molecular complexity index is 185. The Morgan fingerprint density at radius 2 is 2.50 bits per heavy atom. The first kappa shape index (κ1) is 5.77. The SMILES string of the molecule is O=C1OC[C@H]2CC=C[C@H]2O1. The molecule has 0 aromatic heterocycles. The molecule has 1 fully saturated rings. The minimum atomic E-state index is -0.534. The number of cyclic esters (lactones) is 1. The van der Waals surface area contributed by atoms with E-state index in [-0.39, 0.29) is 6.10 Å². The van der Waals surface area contributed by atoms with E-state index in [1.54, 1.807) is 0 Å². The molecule has 3 heteroatoms. The van der Waals surface area contributed by atoms with Crippen LogP contribution in [0.25, 0.3) is 0 Å². The van der Waals surface area contributed by atoms with Gasteiger partial charge in [-0.15, -0.1) is 0 Å². The van der Waals surface area contributed by atoms with Crippen LogP contribution in [0.1, 0.15) is 6.42 Å². The molecule has 0 radical (unpaired) electrons. The Hall–Kier alpha value is -0.990. The van der Waals surface area contributed by atoms with E-state index in [0.29, 0.717) is 12.5 Å². The molecule has 0 bridgehead atoms. The number of ether oxygens (including phenoxy) is 2. The van der Waals surface area contributed by atoms with Crippen molar-refractivity contribution < 1.29 is 14.3 Å². The average Bonchev–Trinajstić information content (AvgIpc) is 2.33. The Labute approximate surface area is 58.6 Å². The number of hydrogen-bond acceptors (Lipinski definition) is 3. The normalized spacial score (nSPS) is 36.6. The van der Waals surface area contributed by atoms with Crippen molar-refractivity contribution in [2.24, 2.45) is 5.92 Å². The highest BCUT2D eigenvalue weighted by atomic mass is 16.7. The summed E-state index contributed by atoms with van der Waals surface area (Å²) in [6, 6.07) is 0. The molecule has 1 heterocycles. The zero-order chi connectivity index (χ0) is 6.97. The number of carbonyl (C=O) groups is 1. The van der Waals surface area contributed by atoms with Crippen LogP contribution in [0.3, 0.4) is 0 Å². The van der Waals surface area contributed by atoms with E-state index < -0.39 is 6.16 Å². The molecular formula is C7H8O3. The van der Waals surface area contributed by atoms with Crippen LogP contribution < -0.4 is 0 Å². The van der Waals surface area contributed by atoms with Crippen molar-refractivity contribution in [1.29, 1.82) is 0 Å². The first-order valence-electron chi connectivity index (χ1n) is 3.36. The molecule has 1 saturated heterocycles. The summed E-state index contributed by atoms with van der Waals surface area (Å²) < 4.78 is 9.55. The molecule has 0 N–H and O–H groups in total. The largest absolute Gasteiger partial charge is 0.508 e. The van der Waals surface area contributed by atoms with Gasteiger partial charge in [-0.25, -0.2) is 4.79 Å². The van der Waals surface area contributed by atoms with Gasteiger partial charge in [-0.1, -0.05) is 6.08 Å². The zero-order valence-corrected chi connectivity index (χ0v) is 5.45. The fourth-order valence-electron chi connectivity index (χ4n) is 1.30. The van der Waals surface area contributed by atoms with Crippen LogP contribution in [0.2, 0.25) is 0 Å². The van der Waals surface area contributed by atoms with Crippen LogP contribution in [0, 0.1) is 5.92 Å². The second-order valence-corrected chi connectivity index (χ2v) is 2.57. The Morgan fingerprint density at radius 1 is 1.60 bits per heavy atom. The minimum absolute atomic E-state index is 0.0127. The third-order valence-electron chi connectivity index (χ3n) is 1.88. The maximum atomic E-state index is 10.5. The number of rotatable bonds is 0. The van der Waals surface area contributed by atoms with E-state index in [9.17, 15) is 4.79 Å². The van der Waals surface area contributed by atoms with E-state index in [1.165, 1.54) is 0 Å². The van der Waals surface area contributed by atoms with E-state index in [1.807, 2.05) is 12.2 Å². The summed E-state index contributed by atoms with van der Waals surface area (Å²) in [5, 5.41) is 0. The molecule has 54 valence electrons. The maximum Gasteiger partial charge on any atom is 0.508 e. The van der Waals surface area contributed by atoms with Crippen LogP contribution >= 0.6 is 0 Å². The van der Waals surface area contributed by atoms with Gasteiger partial charge in [0.25, 0.3) is 0 Å².